The van der Waals surface area contributed by atoms with E-state index in [9.17, 15) is 4.79 Å². The molecular weight excluding hydrogens is 240 g/mol. The topological polar surface area (TPSA) is 55.0 Å². The van der Waals surface area contributed by atoms with Crippen LogP contribution >= 0.6 is 11.6 Å². The number of ether oxygens (including phenoxy) is 1. The zero-order valence-electron chi connectivity index (χ0n) is 9.45. The van der Waals surface area contributed by atoms with Crippen LogP contribution in [0, 0.1) is 6.92 Å². The molecule has 2 aromatic rings. The first-order valence-corrected chi connectivity index (χ1v) is 5.40. The number of aryl methyl sites for hydroxylation is 1. The molecule has 0 saturated carbocycles. The van der Waals surface area contributed by atoms with Gasteiger partial charge < -0.3 is 4.74 Å². The molecular formula is C12H11ClN2O2. The monoisotopic (exact) mass is 250 g/mol. The number of methoxy groups -OCH3 is 1. The fourth-order valence-electron chi connectivity index (χ4n) is 1.65. The molecule has 17 heavy (non-hydrogen) atoms. The fourth-order valence-corrected chi connectivity index (χ4v) is 1.80. The van der Waals surface area contributed by atoms with Crippen LogP contribution in [0.1, 0.15) is 5.56 Å². The van der Waals surface area contributed by atoms with Crippen molar-refractivity contribution in [2.24, 2.45) is 0 Å². The van der Waals surface area contributed by atoms with Crippen molar-refractivity contribution >= 4 is 11.6 Å². The second-order valence-corrected chi connectivity index (χ2v) is 4.00. The molecule has 0 atom stereocenters. The number of nitrogens with one attached hydrogen (secondary N) is 1. The minimum absolute atomic E-state index is 0.259. The van der Waals surface area contributed by atoms with E-state index in [1.54, 1.807) is 19.2 Å². The van der Waals surface area contributed by atoms with E-state index < -0.39 is 0 Å². The highest BCUT2D eigenvalue weighted by atomic mass is 35.5. The summed E-state index contributed by atoms with van der Waals surface area (Å²) in [5.41, 5.74) is 2.00. The number of aromatic amines is 1. The summed E-state index contributed by atoms with van der Waals surface area (Å²) in [4.78, 5) is 11.7. The molecule has 0 amide bonds. The first kappa shape index (κ1) is 11.7. The lowest BCUT2D eigenvalue weighted by atomic mass is 10.0. The van der Waals surface area contributed by atoms with Crippen molar-refractivity contribution in [3.63, 3.8) is 0 Å². The minimum Gasteiger partial charge on any atom is -0.497 e. The van der Waals surface area contributed by atoms with Crippen LogP contribution < -0.4 is 10.3 Å². The van der Waals surface area contributed by atoms with E-state index in [-0.39, 0.29) is 10.7 Å². The fraction of sp³-hybridized carbons (Fsp3) is 0.167. The molecule has 88 valence electrons. The highest BCUT2D eigenvalue weighted by Gasteiger charge is 2.08. The third-order valence-electron chi connectivity index (χ3n) is 2.50. The molecule has 0 unspecified atom stereocenters. The number of nitrogens with zero attached hydrogens (tertiary/aromatic N) is 1. The average molecular weight is 251 g/mol. The molecule has 4 nitrogen and oxygen atoms in total. The Morgan fingerprint density at radius 2 is 2.06 bits per heavy atom. The summed E-state index contributed by atoms with van der Waals surface area (Å²) in [6.07, 6.45) is 0. The van der Waals surface area contributed by atoms with Gasteiger partial charge in [0.05, 0.1) is 12.7 Å². The van der Waals surface area contributed by atoms with Gasteiger partial charge in [0.25, 0.3) is 5.56 Å². The van der Waals surface area contributed by atoms with Gasteiger partial charge in [-0.1, -0.05) is 17.7 Å². The van der Waals surface area contributed by atoms with Crippen LogP contribution in [0.2, 0.25) is 5.15 Å². The zero-order valence-corrected chi connectivity index (χ0v) is 10.2. The molecule has 0 fully saturated rings. The Morgan fingerprint density at radius 1 is 1.29 bits per heavy atom. The Hall–Kier alpha value is -1.81. The number of benzene rings is 1. The molecule has 1 aromatic heterocycles. The second kappa shape index (κ2) is 4.59. The summed E-state index contributed by atoms with van der Waals surface area (Å²) >= 11 is 5.77. The maximum Gasteiger partial charge on any atom is 0.272 e. The van der Waals surface area contributed by atoms with Crippen molar-refractivity contribution < 1.29 is 4.74 Å². The lowest BCUT2D eigenvalue weighted by Crippen LogP contribution is -2.11. The molecule has 0 spiro atoms. The average Bonchev–Trinajstić information content (AvgIpc) is 2.32. The van der Waals surface area contributed by atoms with Crippen molar-refractivity contribution in [1.82, 2.24) is 10.2 Å². The quantitative estimate of drug-likeness (QED) is 0.891. The van der Waals surface area contributed by atoms with Gasteiger partial charge in [-0.3, -0.25) is 4.79 Å². The van der Waals surface area contributed by atoms with Gasteiger partial charge in [0, 0.05) is 0 Å². The van der Waals surface area contributed by atoms with Crippen LogP contribution in [0.15, 0.2) is 29.1 Å². The van der Waals surface area contributed by atoms with Crippen LogP contribution in [0.25, 0.3) is 11.1 Å². The maximum absolute atomic E-state index is 11.7. The molecule has 0 saturated heterocycles. The largest absolute Gasteiger partial charge is 0.497 e. The van der Waals surface area contributed by atoms with E-state index in [0.29, 0.717) is 5.56 Å². The van der Waals surface area contributed by atoms with Crippen LogP contribution in [0.3, 0.4) is 0 Å². The van der Waals surface area contributed by atoms with E-state index >= 15 is 0 Å². The summed E-state index contributed by atoms with van der Waals surface area (Å²) in [5, 5.41) is 6.24. The maximum atomic E-state index is 11.7. The van der Waals surface area contributed by atoms with E-state index in [1.165, 1.54) is 0 Å². The molecule has 0 aliphatic carbocycles. The molecule has 1 aromatic carbocycles. The Morgan fingerprint density at radius 3 is 2.71 bits per heavy atom. The summed E-state index contributed by atoms with van der Waals surface area (Å²) in [7, 11) is 1.60. The third-order valence-corrected chi connectivity index (χ3v) is 2.69. The predicted molar refractivity (Wildman–Crippen MR) is 66.6 cm³/mol. The predicted octanol–water partition coefficient (Wildman–Crippen LogP) is 2.41. The van der Waals surface area contributed by atoms with Gasteiger partial charge in [-0.25, -0.2) is 5.10 Å². The van der Waals surface area contributed by atoms with E-state index in [0.717, 1.165) is 16.9 Å². The van der Waals surface area contributed by atoms with Gasteiger partial charge >= 0.3 is 0 Å². The molecule has 1 heterocycles. The van der Waals surface area contributed by atoms with Crippen molar-refractivity contribution in [2.45, 2.75) is 6.92 Å². The summed E-state index contributed by atoms with van der Waals surface area (Å²) in [6, 6.07) is 7.05. The van der Waals surface area contributed by atoms with Gasteiger partial charge in [0.1, 0.15) is 10.9 Å². The van der Waals surface area contributed by atoms with E-state index in [2.05, 4.69) is 10.2 Å². The highest BCUT2D eigenvalue weighted by Crippen LogP contribution is 2.25. The SMILES string of the molecule is COc1ccc(-c2cc(Cl)n[nH]c2=O)c(C)c1. The molecule has 1 N–H and O–H groups in total. The number of hydrogen-bond acceptors (Lipinski definition) is 3. The third kappa shape index (κ3) is 2.31. The van der Waals surface area contributed by atoms with Crippen molar-refractivity contribution in [2.75, 3.05) is 7.11 Å². The Kier molecular flexibility index (Phi) is 3.15. The second-order valence-electron chi connectivity index (χ2n) is 3.61. The van der Waals surface area contributed by atoms with Gasteiger partial charge in [-0.15, -0.1) is 0 Å². The number of H-pyrrole nitrogens is 1. The summed E-state index contributed by atoms with van der Waals surface area (Å²) in [5.74, 6) is 0.753. The van der Waals surface area contributed by atoms with Crippen LogP contribution in [-0.2, 0) is 0 Å². The van der Waals surface area contributed by atoms with Gasteiger partial charge in [-0.2, -0.15) is 5.10 Å². The van der Waals surface area contributed by atoms with Crippen molar-refractivity contribution in [3.8, 4) is 16.9 Å². The molecule has 5 heteroatoms. The minimum atomic E-state index is -0.261. The number of rotatable bonds is 2. The van der Waals surface area contributed by atoms with Crippen molar-refractivity contribution in [3.05, 3.63) is 45.3 Å². The molecule has 2 rings (SSSR count). The van der Waals surface area contributed by atoms with Crippen LogP contribution in [-0.4, -0.2) is 17.3 Å². The summed E-state index contributed by atoms with van der Waals surface area (Å²) in [6.45, 7) is 1.91. The lowest BCUT2D eigenvalue weighted by molar-refractivity contribution is 0.414. The molecule has 0 aliphatic heterocycles. The summed E-state index contributed by atoms with van der Waals surface area (Å²) < 4.78 is 5.12. The standard InChI is InChI=1S/C12H11ClN2O2/c1-7-5-8(17-2)3-4-9(7)10-6-11(13)14-15-12(10)16/h3-6H,1-2H3,(H,15,16). The normalized spacial score (nSPS) is 10.3. The first-order valence-electron chi connectivity index (χ1n) is 5.02. The van der Waals surface area contributed by atoms with Gasteiger partial charge in [0.15, 0.2) is 0 Å². The van der Waals surface area contributed by atoms with E-state index in [1.807, 2.05) is 19.1 Å². The van der Waals surface area contributed by atoms with Crippen molar-refractivity contribution in [1.29, 1.82) is 0 Å². The molecule has 0 bridgehead atoms. The molecule has 0 radical (unpaired) electrons. The Bertz CT molecular complexity index is 608. The number of halogens is 1. The van der Waals surface area contributed by atoms with E-state index in [4.69, 9.17) is 16.3 Å². The highest BCUT2D eigenvalue weighted by molar-refractivity contribution is 6.29. The Labute approximate surface area is 103 Å². The Balaban J connectivity index is 2.60. The zero-order chi connectivity index (χ0) is 12.4. The van der Waals surface area contributed by atoms with Crippen LogP contribution in [0.5, 0.6) is 5.75 Å². The smallest absolute Gasteiger partial charge is 0.272 e. The van der Waals surface area contributed by atoms with Gasteiger partial charge in [-0.05, 0) is 36.2 Å². The molecule has 0 aliphatic rings. The number of hydrogen-bond donors (Lipinski definition) is 1. The number of aromatic nitrogens is 2. The van der Waals surface area contributed by atoms with Gasteiger partial charge in [0.2, 0.25) is 0 Å². The first-order chi connectivity index (χ1) is 8.11. The lowest BCUT2D eigenvalue weighted by Gasteiger charge is -2.07. The van der Waals surface area contributed by atoms with Crippen LogP contribution in [0.4, 0.5) is 0 Å².